The van der Waals surface area contributed by atoms with E-state index < -0.39 is 46.1 Å². The molecule has 9 nitrogen and oxygen atoms in total. The number of aromatic nitrogens is 2. The van der Waals surface area contributed by atoms with E-state index in [1.165, 1.54) is 35.5 Å². The first-order valence-electron chi connectivity index (χ1n) is 14.4. The Morgan fingerprint density at radius 1 is 1.09 bits per heavy atom. The largest absolute Gasteiger partial charge is 0.416 e. The monoisotopic (exact) mass is 637 g/mol. The molecule has 14 heteroatoms. The second-order valence-electron chi connectivity index (χ2n) is 11.5. The minimum Gasteiger partial charge on any atom is -0.390 e. The number of amides is 1. The van der Waals surface area contributed by atoms with Crippen molar-refractivity contribution in [1.82, 2.24) is 24.3 Å². The lowest BCUT2D eigenvalue weighted by Gasteiger charge is -2.26. The standard InChI is InChI=1S/C30H35F4N5O4S/c1-19-13-21(6-8-26(19)31)29(41)35-15-22-14-20(5-7-25(22)30(32,33)34)28-24-18-38(44(2,42)43)12-9-27(24)39(36-28)17-23(40)16-37-10-3-4-11-37/h5-8,13-14,23,40H,3-4,9-12,15-18H2,1-2H3,(H,35,41). The number of rotatable bonds is 9. The molecule has 1 unspecified atom stereocenters. The third-order valence-electron chi connectivity index (χ3n) is 8.16. The number of carbonyl (C=O) groups is 1. The number of nitrogens with zero attached hydrogens (tertiary/aromatic N) is 4. The minimum atomic E-state index is -4.71. The van der Waals surface area contributed by atoms with Crippen molar-refractivity contribution in [3.63, 3.8) is 0 Å². The van der Waals surface area contributed by atoms with Crippen LogP contribution < -0.4 is 5.32 Å². The van der Waals surface area contributed by atoms with Crippen LogP contribution in [0.25, 0.3) is 11.3 Å². The number of halogens is 4. The van der Waals surface area contributed by atoms with Gasteiger partial charge in [0.15, 0.2) is 0 Å². The van der Waals surface area contributed by atoms with Gasteiger partial charge in [-0.3, -0.25) is 9.48 Å². The lowest BCUT2D eigenvalue weighted by atomic mass is 9.97. The smallest absolute Gasteiger partial charge is 0.390 e. The minimum absolute atomic E-state index is 0.0112. The number of sulfonamides is 1. The molecule has 0 saturated carbocycles. The molecule has 5 rings (SSSR count). The molecule has 2 aromatic carbocycles. The number of nitrogens with one attached hydrogen (secondary N) is 1. The maximum Gasteiger partial charge on any atom is 0.416 e. The van der Waals surface area contributed by atoms with Crippen molar-refractivity contribution in [1.29, 1.82) is 0 Å². The second kappa shape index (κ2) is 12.6. The zero-order valence-corrected chi connectivity index (χ0v) is 25.3. The Morgan fingerprint density at radius 3 is 2.48 bits per heavy atom. The summed E-state index contributed by atoms with van der Waals surface area (Å²) >= 11 is 0. The third-order valence-corrected chi connectivity index (χ3v) is 9.41. The fourth-order valence-electron chi connectivity index (χ4n) is 5.88. The van der Waals surface area contributed by atoms with Gasteiger partial charge in [-0.25, -0.2) is 12.8 Å². The molecule has 1 aromatic heterocycles. The van der Waals surface area contributed by atoms with E-state index in [1.807, 2.05) is 0 Å². The lowest BCUT2D eigenvalue weighted by molar-refractivity contribution is -0.138. The number of aryl methyl sites for hydroxylation is 1. The van der Waals surface area contributed by atoms with Crippen molar-refractivity contribution in [2.24, 2.45) is 0 Å². The van der Waals surface area contributed by atoms with Crippen molar-refractivity contribution in [3.05, 3.63) is 75.7 Å². The quantitative estimate of drug-likeness (QED) is 0.347. The van der Waals surface area contributed by atoms with Gasteiger partial charge < -0.3 is 15.3 Å². The van der Waals surface area contributed by atoms with Gasteiger partial charge in [-0.05, 0) is 74.3 Å². The van der Waals surface area contributed by atoms with Crippen LogP contribution in [0.5, 0.6) is 0 Å². The van der Waals surface area contributed by atoms with Crippen LogP contribution in [0.4, 0.5) is 17.6 Å². The summed E-state index contributed by atoms with van der Waals surface area (Å²) in [6.07, 6.45) is -1.90. The average molecular weight is 638 g/mol. The number of fused-ring (bicyclic) bond motifs is 1. The first-order valence-corrected chi connectivity index (χ1v) is 16.2. The second-order valence-corrected chi connectivity index (χ2v) is 13.5. The van der Waals surface area contributed by atoms with E-state index in [9.17, 15) is 35.9 Å². The van der Waals surface area contributed by atoms with E-state index >= 15 is 0 Å². The number of carbonyl (C=O) groups excluding carboxylic acids is 1. The van der Waals surface area contributed by atoms with Gasteiger partial charge in [-0.1, -0.05) is 6.07 Å². The molecule has 1 amide bonds. The summed E-state index contributed by atoms with van der Waals surface area (Å²) in [5.74, 6) is -1.17. The number of aliphatic hydroxyl groups is 1. The van der Waals surface area contributed by atoms with Crippen molar-refractivity contribution in [3.8, 4) is 11.3 Å². The first-order chi connectivity index (χ1) is 20.7. The van der Waals surface area contributed by atoms with E-state index in [2.05, 4.69) is 10.2 Å². The summed E-state index contributed by atoms with van der Waals surface area (Å²) in [6.45, 7) is 3.62. The highest BCUT2D eigenvalue weighted by atomic mass is 32.2. The molecule has 3 aromatic rings. The molecule has 44 heavy (non-hydrogen) atoms. The maximum absolute atomic E-state index is 14.0. The fraction of sp³-hybridized carbons (Fsp3) is 0.467. The molecule has 2 aliphatic rings. The molecule has 2 N–H and O–H groups in total. The van der Waals surface area contributed by atoms with E-state index in [-0.39, 0.29) is 36.3 Å². The summed E-state index contributed by atoms with van der Waals surface area (Å²) < 4.78 is 83.5. The molecule has 3 heterocycles. The Bertz CT molecular complexity index is 1650. The number of aliphatic hydroxyl groups excluding tert-OH is 1. The Balaban J connectivity index is 1.48. The fourth-order valence-corrected chi connectivity index (χ4v) is 6.67. The molecule has 0 spiro atoms. The van der Waals surface area contributed by atoms with Crippen molar-refractivity contribution >= 4 is 15.9 Å². The van der Waals surface area contributed by atoms with Gasteiger partial charge in [0.2, 0.25) is 10.0 Å². The van der Waals surface area contributed by atoms with Gasteiger partial charge >= 0.3 is 6.18 Å². The molecule has 238 valence electrons. The van der Waals surface area contributed by atoms with Crippen LogP contribution in [0.15, 0.2) is 36.4 Å². The van der Waals surface area contributed by atoms with Crippen LogP contribution in [0.1, 0.15) is 51.1 Å². The van der Waals surface area contributed by atoms with Crippen LogP contribution in [-0.4, -0.2) is 77.0 Å². The Hall–Kier alpha value is -3.33. The number of hydrogen-bond acceptors (Lipinski definition) is 6. The predicted molar refractivity (Wildman–Crippen MR) is 156 cm³/mol. The van der Waals surface area contributed by atoms with Crippen molar-refractivity contribution in [2.75, 3.05) is 32.4 Å². The number of benzene rings is 2. The Labute approximate surface area is 253 Å². The van der Waals surface area contributed by atoms with Gasteiger partial charge in [0.1, 0.15) is 5.82 Å². The van der Waals surface area contributed by atoms with E-state index in [1.54, 1.807) is 4.68 Å². The molecule has 1 atom stereocenters. The summed E-state index contributed by atoms with van der Waals surface area (Å²) in [5, 5.41) is 18.0. The van der Waals surface area contributed by atoms with Gasteiger partial charge in [-0.2, -0.15) is 22.6 Å². The SMILES string of the molecule is Cc1cc(C(=O)NCc2cc(-c3nn(CC(O)CN4CCCC4)c4c3CN(S(C)(=O)=O)CC4)ccc2C(F)(F)F)ccc1F. The number of β-amino-alcohol motifs (C(OH)–C–C–N with tert-alkyl or cyclic N) is 1. The molecule has 1 saturated heterocycles. The molecule has 0 aliphatic carbocycles. The van der Waals surface area contributed by atoms with Crippen molar-refractivity contribution < 1.29 is 35.9 Å². The molecule has 1 fully saturated rings. The topological polar surface area (TPSA) is 108 Å². The average Bonchev–Trinajstić information content (AvgIpc) is 3.59. The molecule has 0 radical (unpaired) electrons. The van der Waals surface area contributed by atoms with Crippen LogP contribution in [0.2, 0.25) is 0 Å². The molecular weight excluding hydrogens is 602 g/mol. The lowest BCUT2D eigenvalue weighted by Crippen LogP contribution is -2.37. The summed E-state index contributed by atoms with van der Waals surface area (Å²) in [5.41, 5.74) is 1.10. The normalized spacial score (nSPS) is 17.1. The van der Waals surface area contributed by atoms with Crippen LogP contribution in [0.3, 0.4) is 0 Å². The molecule has 2 aliphatic heterocycles. The maximum atomic E-state index is 14.0. The van der Waals surface area contributed by atoms with Gasteiger partial charge in [0, 0.05) is 55.0 Å². The number of likely N-dealkylation sites (tertiary alicyclic amines) is 1. The van der Waals surface area contributed by atoms with E-state index in [0.717, 1.165) is 50.0 Å². The molecule has 0 bridgehead atoms. The van der Waals surface area contributed by atoms with E-state index in [0.29, 0.717) is 29.8 Å². The van der Waals surface area contributed by atoms with Gasteiger partial charge in [0.05, 0.1) is 30.2 Å². The Morgan fingerprint density at radius 2 is 1.82 bits per heavy atom. The van der Waals surface area contributed by atoms with Crippen LogP contribution in [-0.2, 0) is 42.3 Å². The summed E-state index contributed by atoms with van der Waals surface area (Å²) in [6, 6.07) is 7.19. The summed E-state index contributed by atoms with van der Waals surface area (Å²) in [7, 11) is -3.56. The van der Waals surface area contributed by atoms with Gasteiger partial charge in [0.25, 0.3) is 5.91 Å². The van der Waals surface area contributed by atoms with Crippen LogP contribution in [0, 0.1) is 12.7 Å². The highest BCUT2D eigenvalue weighted by molar-refractivity contribution is 7.88. The first kappa shape index (κ1) is 32.1. The number of alkyl halides is 3. The zero-order valence-electron chi connectivity index (χ0n) is 24.5. The highest BCUT2D eigenvalue weighted by Crippen LogP contribution is 2.37. The highest BCUT2D eigenvalue weighted by Gasteiger charge is 2.35. The van der Waals surface area contributed by atoms with Crippen LogP contribution >= 0.6 is 0 Å². The van der Waals surface area contributed by atoms with Gasteiger partial charge in [-0.15, -0.1) is 0 Å². The summed E-state index contributed by atoms with van der Waals surface area (Å²) in [4.78, 5) is 14.9. The third kappa shape index (κ3) is 7.14. The molecular formula is C30H35F4N5O4S. The van der Waals surface area contributed by atoms with Crippen molar-refractivity contribution in [2.45, 2.75) is 58.1 Å². The van der Waals surface area contributed by atoms with E-state index in [4.69, 9.17) is 5.10 Å². The predicted octanol–water partition coefficient (Wildman–Crippen LogP) is 3.72. The zero-order chi connectivity index (χ0) is 31.8. The Kier molecular flexibility index (Phi) is 9.17. The number of hydrogen-bond donors (Lipinski definition) is 2.